The standard InChI is InChI=1S/C19H18ClF4N/c1-11-7-13(3-5-14(11)10-25)4-6-16(19(22,23)24)15-8-12(2)18(21)17(20)9-15/h3-9,16H,10,25H2,1-2H3/b6-4+. The maximum absolute atomic E-state index is 13.6. The molecule has 0 aliphatic heterocycles. The molecule has 2 rings (SSSR count). The van der Waals surface area contributed by atoms with Gasteiger partial charge in [-0.05, 0) is 47.7 Å². The zero-order chi connectivity index (χ0) is 18.8. The van der Waals surface area contributed by atoms with E-state index in [1.54, 1.807) is 18.2 Å². The van der Waals surface area contributed by atoms with Gasteiger partial charge in [-0.2, -0.15) is 13.2 Å². The van der Waals surface area contributed by atoms with Crippen molar-refractivity contribution >= 4 is 17.7 Å². The van der Waals surface area contributed by atoms with E-state index in [0.717, 1.165) is 23.3 Å². The molecule has 2 N–H and O–H groups in total. The molecule has 0 aromatic heterocycles. The third-order valence-corrected chi connectivity index (χ3v) is 4.29. The van der Waals surface area contributed by atoms with Gasteiger partial charge in [-0.15, -0.1) is 0 Å². The molecule has 0 aliphatic rings. The highest BCUT2D eigenvalue weighted by Gasteiger charge is 2.39. The van der Waals surface area contributed by atoms with Crippen LogP contribution < -0.4 is 5.73 Å². The first-order valence-corrected chi connectivity index (χ1v) is 8.01. The van der Waals surface area contributed by atoms with Crippen LogP contribution in [0.2, 0.25) is 5.02 Å². The minimum atomic E-state index is -4.52. The van der Waals surface area contributed by atoms with Crippen LogP contribution in [-0.4, -0.2) is 6.18 Å². The van der Waals surface area contributed by atoms with E-state index in [1.165, 1.54) is 19.1 Å². The predicted octanol–water partition coefficient (Wildman–Crippen LogP) is 5.91. The number of nitrogens with two attached hydrogens (primary N) is 1. The topological polar surface area (TPSA) is 26.0 Å². The molecule has 0 heterocycles. The van der Waals surface area contributed by atoms with Crippen LogP contribution in [0.4, 0.5) is 17.6 Å². The Morgan fingerprint density at radius 3 is 2.32 bits per heavy atom. The maximum atomic E-state index is 13.6. The largest absolute Gasteiger partial charge is 0.399 e. The van der Waals surface area contributed by atoms with Gasteiger partial charge in [0.1, 0.15) is 5.82 Å². The normalized spacial score (nSPS) is 13.4. The Morgan fingerprint density at radius 2 is 1.80 bits per heavy atom. The molecule has 0 spiro atoms. The lowest BCUT2D eigenvalue weighted by atomic mass is 9.95. The Morgan fingerprint density at radius 1 is 1.12 bits per heavy atom. The fourth-order valence-electron chi connectivity index (χ4n) is 2.60. The van der Waals surface area contributed by atoms with E-state index in [4.69, 9.17) is 17.3 Å². The Labute approximate surface area is 149 Å². The van der Waals surface area contributed by atoms with E-state index >= 15 is 0 Å². The zero-order valence-electron chi connectivity index (χ0n) is 13.8. The van der Waals surface area contributed by atoms with Gasteiger partial charge in [-0.25, -0.2) is 4.39 Å². The summed E-state index contributed by atoms with van der Waals surface area (Å²) in [5.74, 6) is -2.58. The highest BCUT2D eigenvalue weighted by atomic mass is 35.5. The molecule has 0 amide bonds. The Hall–Kier alpha value is -1.85. The Kier molecular flexibility index (Phi) is 5.91. The van der Waals surface area contributed by atoms with Gasteiger partial charge in [-0.3, -0.25) is 0 Å². The van der Waals surface area contributed by atoms with Crippen molar-refractivity contribution in [2.24, 2.45) is 5.73 Å². The van der Waals surface area contributed by atoms with Gasteiger partial charge in [-0.1, -0.05) is 48.0 Å². The summed E-state index contributed by atoms with van der Waals surface area (Å²) in [7, 11) is 0. The lowest BCUT2D eigenvalue weighted by molar-refractivity contribution is -0.139. The van der Waals surface area contributed by atoms with E-state index in [0.29, 0.717) is 12.1 Å². The first kappa shape index (κ1) is 19.5. The van der Waals surface area contributed by atoms with Gasteiger partial charge in [0.05, 0.1) is 10.9 Å². The van der Waals surface area contributed by atoms with Crippen LogP contribution in [-0.2, 0) is 6.54 Å². The highest BCUT2D eigenvalue weighted by Crippen LogP contribution is 2.38. The van der Waals surface area contributed by atoms with Crippen LogP contribution in [0.25, 0.3) is 6.08 Å². The van der Waals surface area contributed by atoms with Crippen LogP contribution in [0.1, 0.15) is 33.7 Å². The SMILES string of the molecule is Cc1cc(/C=C/C(c2cc(C)c(F)c(Cl)c2)C(F)(F)F)ccc1CN. The monoisotopic (exact) mass is 371 g/mol. The van der Waals surface area contributed by atoms with Gasteiger partial charge in [0.25, 0.3) is 0 Å². The van der Waals surface area contributed by atoms with Gasteiger partial charge in [0.2, 0.25) is 0 Å². The van der Waals surface area contributed by atoms with Crippen molar-refractivity contribution in [3.63, 3.8) is 0 Å². The second-order valence-electron chi connectivity index (χ2n) is 5.90. The molecule has 1 nitrogen and oxygen atoms in total. The quantitative estimate of drug-likeness (QED) is 0.664. The summed E-state index contributed by atoms with van der Waals surface area (Å²) in [5, 5.41) is -0.319. The summed E-state index contributed by atoms with van der Waals surface area (Å²) in [5.41, 5.74) is 8.05. The van der Waals surface area contributed by atoms with Gasteiger partial charge in [0.15, 0.2) is 0 Å². The zero-order valence-corrected chi connectivity index (χ0v) is 14.5. The minimum absolute atomic E-state index is 0.0771. The average Bonchev–Trinajstić information content (AvgIpc) is 2.51. The molecule has 0 radical (unpaired) electrons. The van der Waals surface area contributed by atoms with Crippen molar-refractivity contribution in [1.29, 1.82) is 0 Å². The van der Waals surface area contributed by atoms with Crippen molar-refractivity contribution in [3.8, 4) is 0 Å². The lowest BCUT2D eigenvalue weighted by Gasteiger charge is -2.18. The fraction of sp³-hybridized carbons (Fsp3) is 0.263. The molecular formula is C19H18ClF4N. The van der Waals surface area contributed by atoms with Crippen LogP contribution >= 0.6 is 11.6 Å². The second-order valence-corrected chi connectivity index (χ2v) is 6.31. The number of halogens is 5. The first-order valence-electron chi connectivity index (χ1n) is 7.63. The van der Waals surface area contributed by atoms with Crippen LogP contribution in [0.15, 0.2) is 36.4 Å². The number of allylic oxidation sites excluding steroid dienone is 1. The average molecular weight is 372 g/mol. The van der Waals surface area contributed by atoms with E-state index in [1.807, 2.05) is 6.92 Å². The van der Waals surface area contributed by atoms with Crippen molar-refractivity contribution in [2.75, 3.05) is 0 Å². The number of hydrogen-bond donors (Lipinski definition) is 1. The number of hydrogen-bond acceptors (Lipinski definition) is 1. The summed E-state index contributed by atoms with van der Waals surface area (Å²) < 4.78 is 54.0. The summed E-state index contributed by atoms with van der Waals surface area (Å²) in [6.45, 7) is 3.61. The number of aryl methyl sites for hydroxylation is 2. The summed E-state index contributed by atoms with van der Waals surface area (Å²) in [6.07, 6.45) is -2.06. The molecular weight excluding hydrogens is 354 g/mol. The molecule has 25 heavy (non-hydrogen) atoms. The van der Waals surface area contributed by atoms with Crippen molar-refractivity contribution < 1.29 is 17.6 Å². The van der Waals surface area contributed by atoms with Crippen LogP contribution in [0.3, 0.4) is 0 Å². The summed E-state index contributed by atoms with van der Waals surface area (Å²) in [6, 6.07) is 7.47. The van der Waals surface area contributed by atoms with E-state index in [9.17, 15) is 17.6 Å². The van der Waals surface area contributed by atoms with E-state index in [2.05, 4.69) is 0 Å². The third-order valence-electron chi connectivity index (χ3n) is 4.01. The summed E-state index contributed by atoms with van der Waals surface area (Å²) >= 11 is 5.71. The second kappa shape index (κ2) is 7.58. The van der Waals surface area contributed by atoms with Crippen LogP contribution in [0, 0.1) is 19.7 Å². The fourth-order valence-corrected chi connectivity index (χ4v) is 2.88. The highest BCUT2D eigenvalue weighted by molar-refractivity contribution is 6.30. The Balaban J connectivity index is 2.41. The molecule has 0 aliphatic carbocycles. The molecule has 1 atom stereocenters. The lowest BCUT2D eigenvalue weighted by Crippen LogP contribution is -2.19. The smallest absolute Gasteiger partial charge is 0.326 e. The van der Waals surface area contributed by atoms with E-state index < -0.39 is 17.9 Å². The first-order chi connectivity index (χ1) is 11.6. The molecule has 2 aromatic carbocycles. The number of benzene rings is 2. The van der Waals surface area contributed by atoms with E-state index in [-0.39, 0.29) is 16.1 Å². The molecule has 2 aromatic rings. The summed E-state index contributed by atoms with van der Waals surface area (Å²) in [4.78, 5) is 0. The maximum Gasteiger partial charge on any atom is 0.399 e. The number of alkyl halides is 3. The molecule has 1 unspecified atom stereocenters. The van der Waals surface area contributed by atoms with Gasteiger partial charge < -0.3 is 5.73 Å². The molecule has 0 bridgehead atoms. The Bertz CT molecular complexity index is 773. The van der Waals surface area contributed by atoms with Crippen molar-refractivity contribution in [3.05, 3.63) is 75.1 Å². The minimum Gasteiger partial charge on any atom is -0.326 e. The van der Waals surface area contributed by atoms with Gasteiger partial charge in [0, 0.05) is 6.54 Å². The van der Waals surface area contributed by atoms with Crippen molar-refractivity contribution in [2.45, 2.75) is 32.5 Å². The molecule has 134 valence electrons. The number of rotatable bonds is 4. The molecule has 6 heteroatoms. The molecule has 0 saturated carbocycles. The van der Waals surface area contributed by atoms with Gasteiger partial charge >= 0.3 is 6.18 Å². The predicted molar refractivity (Wildman–Crippen MR) is 93.0 cm³/mol. The van der Waals surface area contributed by atoms with Crippen LogP contribution in [0.5, 0.6) is 0 Å². The third kappa shape index (κ3) is 4.61. The molecule has 0 saturated heterocycles. The van der Waals surface area contributed by atoms with Crippen molar-refractivity contribution in [1.82, 2.24) is 0 Å². The molecule has 0 fully saturated rings.